The second kappa shape index (κ2) is 5.41. The van der Waals surface area contributed by atoms with Gasteiger partial charge in [-0.25, -0.2) is 0 Å². The molecule has 0 saturated carbocycles. The normalized spacial score (nSPS) is 22.5. The predicted octanol–water partition coefficient (Wildman–Crippen LogP) is 0.803. The molecule has 1 aromatic rings. The first-order valence-electron chi connectivity index (χ1n) is 6.05. The second-order valence-electron chi connectivity index (χ2n) is 4.41. The molecule has 1 saturated heterocycles. The molecule has 5 heteroatoms. The summed E-state index contributed by atoms with van der Waals surface area (Å²) in [5, 5.41) is 3.95. The van der Waals surface area contributed by atoms with Crippen molar-refractivity contribution in [3.05, 3.63) is 11.7 Å². The maximum atomic E-state index is 5.44. The van der Waals surface area contributed by atoms with Crippen molar-refractivity contribution in [1.29, 1.82) is 0 Å². The molecule has 0 aromatic carbocycles. The maximum Gasteiger partial charge on any atom is 0.240 e. The van der Waals surface area contributed by atoms with Gasteiger partial charge >= 0.3 is 0 Å². The van der Waals surface area contributed by atoms with Crippen molar-refractivity contribution in [3.8, 4) is 0 Å². The fraction of sp³-hybridized carbons (Fsp3) is 0.818. The van der Waals surface area contributed by atoms with Crippen LogP contribution in [0.4, 0.5) is 0 Å². The van der Waals surface area contributed by atoms with Gasteiger partial charge in [-0.2, -0.15) is 4.98 Å². The predicted molar refractivity (Wildman–Crippen MR) is 60.7 cm³/mol. The van der Waals surface area contributed by atoms with Crippen LogP contribution in [0, 0.1) is 5.92 Å². The number of rotatable bonds is 4. The highest BCUT2D eigenvalue weighted by Crippen LogP contribution is 2.19. The number of piperidine rings is 1. The van der Waals surface area contributed by atoms with Gasteiger partial charge in [-0.1, -0.05) is 12.1 Å². The number of nitrogens with zero attached hydrogens (tertiary/aromatic N) is 3. The lowest BCUT2D eigenvalue weighted by Gasteiger charge is -2.31. The third kappa shape index (κ3) is 2.80. The van der Waals surface area contributed by atoms with E-state index in [1.165, 1.54) is 19.4 Å². The Morgan fingerprint density at radius 3 is 3.12 bits per heavy atom. The van der Waals surface area contributed by atoms with Crippen molar-refractivity contribution in [3.63, 3.8) is 0 Å². The minimum Gasteiger partial charge on any atom is -0.338 e. The molecular weight excluding hydrogens is 204 g/mol. The number of aromatic nitrogens is 2. The standard InChI is InChI=1S/C11H20N4O/c1-2-15-5-3-4-9(8-15)6-10-13-11(7-12)16-14-10/h9H,2-8,12H2,1H3. The van der Waals surface area contributed by atoms with Crippen molar-refractivity contribution in [2.45, 2.75) is 32.7 Å². The smallest absolute Gasteiger partial charge is 0.240 e. The average Bonchev–Trinajstić information content (AvgIpc) is 2.77. The molecule has 0 amide bonds. The summed E-state index contributed by atoms with van der Waals surface area (Å²) in [4.78, 5) is 6.74. The van der Waals surface area contributed by atoms with Crippen molar-refractivity contribution >= 4 is 0 Å². The Morgan fingerprint density at radius 2 is 2.44 bits per heavy atom. The van der Waals surface area contributed by atoms with Gasteiger partial charge in [-0.15, -0.1) is 0 Å². The lowest BCUT2D eigenvalue weighted by atomic mass is 9.94. The van der Waals surface area contributed by atoms with E-state index in [2.05, 4.69) is 22.0 Å². The molecule has 1 fully saturated rings. The van der Waals surface area contributed by atoms with E-state index >= 15 is 0 Å². The highest BCUT2D eigenvalue weighted by molar-refractivity contribution is 4.89. The number of hydrogen-bond acceptors (Lipinski definition) is 5. The number of hydrogen-bond donors (Lipinski definition) is 1. The molecule has 0 spiro atoms. The first-order valence-corrected chi connectivity index (χ1v) is 6.05. The number of likely N-dealkylation sites (tertiary alicyclic amines) is 1. The molecular formula is C11H20N4O. The van der Waals surface area contributed by atoms with Crippen molar-refractivity contribution in [2.75, 3.05) is 19.6 Å². The van der Waals surface area contributed by atoms with Gasteiger partial charge < -0.3 is 15.2 Å². The molecule has 1 atom stereocenters. The lowest BCUT2D eigenvalue weighted by Crippen LogP contribution is -2.36. The zero-order valence-electron chi connectivity index (χ0n) is 9.85. The Kier molecular flexibility index (Phi) is 3.90. The molecule has 0 aliphatic carbocycles. The van der Waals surface area contributed by atoms with E-state index < -0.39 is 0 Å². The fourth-order valence-corrected chi connectivity index (χ4v) is 2.32. The van der Waals surface area contributed by atoms with Gasteiger partial charge in [0.2, 0.25) is 5.89 Å². The van der Waals surface area contributed by atoms with E-state index in [0.717, 1.165) is 25.3 Å². The van der Waals surface area contributed by atoms with Gasteiger partial charge in [-0.05, 0) is 31.8 Å². The van der Waals surface area contributed by atoms with Crippen molar-refractivity contribution in [2.24, 2.45) is 11.7 Å². The summed E-state index contributed by atoms with van der Waals surface area (Å²) >= 11 is 0. The van der Waals surface area contributed by atoms with Crippen LogP contribution in [0.3, 0.4) is 0 Å². The van der Waals surface area contributed by atoms with E-state index in [9.17, 15) is 0 Å². The van der Waals surface area contributed by atoms with E-state index in [0.29, 0.717) is 18.4 Å². The molecule has 1 aliphatic rings. The summed E-state index contributed by atoms with van der Waals surface area (Å²) < 4.78 is 5.01. The zero-order chi connectivity index (χ0) is 11.4. The minimum absolute atomic E-state index is 0.332. The van der Waals surface area contributed by atoms with E-state index in [1.807, 2.05) is 0 Å². The van der Waals surface area contributed by atoms with E-state index in [-0.39, 0.29) is 0 Å². The molecule has 1 aromatic heterocycles. The molecule has 1 aliphatic heterocycles. The van der Waals surface area contributed by atoms with Gasteiger partial charge in [0.15, 0.2) is 5.82 Å². The maximum absolute atomic E-state index is 5.44. The summed E-state index contributed by atoms with van der Waals surface area (Å²) in [6, 6.07) is 0. The van der Waals surface area contributed by atoms with Crippen molar-refractivity contribution in [1.82, 2.24) is 15.0 Å². The van der Waals surface area contributed by atoms with Gasteiger partial charge in [0.25, 0.3) is 0 Å². The van der Waals surface area contributed by atoms with Gasteiger partial charge in [0.05, 0.1) is 6.54 Å². The molecule has 0 radical (unpaired) electrons. The van der Waals surface area contributed by atoms with Crippen LogP contribution in [-0.4, -0.2) is 34.7 Å². The Balaban J connectivity index is 1.88. The molecule has 2 N–H and O–H groups in total. The van der Waals surface area contributed by atoms with Crippen LogP contribution >= 0.6 is 0 Å². The van der Waals surface area contributed by atoms with Crippen LogP contribution in [0.15, 0.2) is 4.52 Å². The monoisotopic (exact) mass is 224 g/mol. The second-order valence-corrected chi connectivity index (χ2v) is 4.41. The molecule has 2 rings (SSSR count). The van der Waals surface area contributed by atoms with Gasteiger partial charge in [-0.3, -0.25) is 0 Å². The topological polar surface area (TPSA) is 68.2 Å². The van der Waals surface area contributed by atoms with Crippen LogP contribution in [0.2, 0.25) is 0 Å². The van der Waals surface area contributed by atoms with E-state index in [4.69, 9.17) is 10.3 Å². The number of nitrogens with two attached hydrogens (primary N) is 1. The van der Waals surface area contributed by atoms with Gasteiger partial charge in [0.1, 0.15) is 0 Å². The first kappa shape index (κ1) is 11.5. The van der Waals surface area contributed by atoms with E-state index in [1.54, 1.807) is 0 Å². The third-order valence-corrected chi connectivity index (χ3v) is 3.21. The van der Waals surface area contributed by atoms with Crippen LogP contribution in [0.25, 0.3) is 0 Å². The molecule has 1 unspecified atom stereocenters. The Labute approximate surface area is 96.0 Å². The van der Waals surface area contributed by atoms with Crippen LogP contribution in [0.1, 0.15) is 31.5 Å². The summed E-state index contributed by atoms with van der Waals surface area (Å²) in [6.07, 6.45) is 3.46. The fourth-order valence-electron chi connectivity index (χ4n) is 2.32. The van der Waals surface area contributed by atoms with Crippen LogP contribution in [0.5, 0.6) is 0 Å². The highest BCUT2D eigenvalue weighted by atomic mass is 16.5. The van der Waals surface area contributed by atoms with Crippen molar-refractivity contribution < 1.29 is 4.52 Å². The van der Waals surface area contributed by atoms with Crippen LogP contribution in [-0.2, 0) is 13.0 Å². The molecule has 16 heavy (non-hydrogen) atoms. The Morgan fingerprint density at radius 1 is 1.56 bits per heavy atom. The molecule has 2 heterocycles. The van der Waals surface area contributed by atoms with Crippen LogP contribution < -0.4 is 5.73 Å². The largest absolute Gasteiger partial charge is 0.338 e. The Bertz CT molecular complexity index is 326. The lowest BCUT2D eigenvalue weighted by molar-refractivity contribution is 0.180. The minimum atomic E-state index is 0.332. The molecule has 5 nitrogen and oxygen atoms in total. The Hall–Kier alpha value is -0.940. The molecule has 0 bridgehead atoms. The zero-order valence-corrected chi connectivity index (χ0v) is 9.85. The quantitative estimate of drug-likeness (QED) is 0.819. The SMILES string of the molecule is CCN1CCCC(Cc2noc(CN)n2)C1. The first-order chi connectivity index (χ1) is 7.81. The summed E-state index contributed by atoms with van der Waals surface area (Å²) in [7, 11) is 0. The summed E-state index contributed by atoms with van der Waals surface area (Å²) in [6.45, 7) is 6.06. The average molecular weight is 224 g/mol. The highest BCUT2D eigenvalue weighted by Gasteiger charge is 2.20. The molecule has 90 valence electrons. The third-order valence-electron chi connectivity index (χ3n) is 3.21. The van der Waals surface area contributed by atoms with Gasteiger partial charge in [0, 0.05) is 13.0 Å². The summed E-state index contributed by atoms with van der Waals surface area (Å²) in [5.41, 5.74) is 5.44. The summed E-state index contributed by atoms with van der Waals surface area (Å²) in [5.74, 6) is 2.01.